The summed E-state index contributed by atoms with van der Waals surface area (Å²) in [4.78, 5) is 16.0. The summed E-state index contributed by atoms with van der Waals surface area (Å²) >= 11 is 0. The predicted octanol–water partition coefficient (Wildman–Crippen LogP) is 4.48. The summed E-state index contributed by atoms with van der Waals surface area (Å²) in [5.41, 5.74) is 2.96. The lowest BCUT2D eigenvalue weighted by Gasteiger charge is -2.14. The van der Waals surface area contributed by atoms with E-state index >= 15 is 0 Å². The highest BCUT2D eigenvalue weighted by Crippen LogP contribution is 2.51. The van der Waals surface area contributed by atoms with Crippen molar-refractivity contribution in [3.8, 4) is 5.75 Å². The minimum absolute atomic E-state index is 0.0489. The molecule has 1 aliphatic carbocycles. The van der Waals surface area contributed by atoms with Gasteiger partial charge in [0, 0.05) is 28.8 Å². The summed E-state index contributed by atoms with van der Waals surface area (Å²) in [5.74, 6) is 0.975. The van der Waals surface area contributed by atoms with Crippen LogP contribution in [0.5, 0.6) is 5.75 Å². The second kappa shape index (κ2) is 5.27. The first-order valence-corrected chi connectivity index (χ1v) is 7.96. The zero-order valence-corrected chi connectivity index (χ0v) is 13.1. The maximum atomic E-state index is 12.7. The molecule has 4 rings (SSSR count). The van der Waals surface area contributed by atoms with E-state index in [0.29, 0.717) is 12.1 Å². The molecule has 1 aliphatic rings. The molecule has 0 aliphatic heterocycles. The SMILES string of the molecule is COc1ccc2cc(C(=O)CC3(c4ccccc4)CC3)[nH]c2c1. The molecular weight excluding hydrogens is 286 g/mol. The minimum atomic E-state index is 0.0489. The fraction of sp³-hybridized carbons (Fsp3) is 0.250. The van der Waals surface area contributed by atoms with Gasteiger partial charge in [0.2, 0.25) is 0 Å². The number of aromatic nitrogens is 1. The van der Waals surface area contributed by atoms with Crippen LogP contribution < -0.4 is 4.74 Å². The number of Topliss-reactive ketones (excluding diaryl/α,β-unsaturated/α-hetero) is 1. The molecule has 0 atom stereocenters. The standard InChI is InChI=1S/C20H19NO2/c1-23-16-8-7-14-11-18(21-17(14)12-16)19(22)13-20(9-10-20)15-5-3-2-4-6-15/h2-8,11-12,21H,9-10,13H2,1H3. The molecule has 2 aromatic carbocycles. The quantitative estimate of drug-likeness (QED) is 0.706. The van der Waals surface area contributed by atoms with Crippen molar-refractivity contribution in [3.63, 3.8) is 0 Å². The Balaban J connectivity index is 1.60. The van der Waals surface area contributed by atoms with Gasteiger partial charge in [-0.15, -0.1) is 0 Å². The van der Waals surface area contributed by atoms with Crippen LogP contribution in [0.2, 0.25) is 0 Å². The number of aromatic amines is 1. The van der Waals surface area contributed by atoms with E-state index in [1.807, 2.05) is 30.3 Å². The van der Waals surface area contributed by atoms with Crippen molar-refractivity contribution in [2.75, 3.05) is 7.11 Å². The second-order valence-corrected chi connectivity index (χ2v) is 6.38. The van der Waals surface area contributed by atoms with E-state index in [1.54, 1.807) is 7.11 Å². The number of ketones is 1. The number of hydrogen-bond acceptors (Lipinski definition) is 2. The number of carbonyl (C=O) groups excluding carboxylic acids is 1. The van der Waals surface area contributed by atoms with Crippen LogP contribution in [0, 0.1) is 0 Å². The summed E-state index contributed by atoms with van der Waals surface area (Å²) in [6.45, 7) is 0. The van der Waals surface area contributed by atoms with Crippen molar-refractivity contribution >= 4 is 16.7 Å². The van der Waals surface area contributed by atoms with E-state index in [1.165, 1.54) is 5.56 Å². The number of rotatable bonds is 5. The topological polar surface area (TPSA) is 42.1 Å². The first kappa shape index (κ1) is 14.1. The number of nitrogens with one attached hydrogen (secondary N) is 1. The molecule has 0 unspecified atom stereocenters. The molecule has 23 heavy (non-hydrogen) atoms. The third-order valence-electron chi connectivity index (χ3n) is 4.87. The lowest BCUT2D eigenvalue weighted by Crippen LogP contribution is -2.13. The van der Waals surface area contributed by atoms with Crippen molar-refractivity contribution in [2.24, 2.45) is 0 Å². The third-order valence-corrected chi connectivity index (χ3v) is 4.87. The van der Waals surface area contributed by atoms with Crippen LogP contribution in [-0.2, 0) is 5.41 Å². The summed E-state index contributed by atoms with van der Waals surface area (Å²) in [5, 5.41) is 1.04. The van der Waals surface area contributed by atoms with Gasteiger partial charge >= 0.3 is 0 Å². The van der Waals surface area contributed by atoms with Gasteiger partial charge in [-0.3, -0.25) is 4.79 Å². The van der Waals surface area contributed by atoms with E-state index in [9.17, 15) is 4.79 Å². The molecule has 0 amide bonds. The second-order valence-electron chi connectivity index (χ2n) is 6.38. The number of H-pyrrole nitrogens is 1. The van der Waals surface area contributed by atoms with Crippen molar-refractivity contribution in [1.82, 2.24) is 4.98 Å². The molecule has 1 saturated carbocycles. The molecule has 3 aromatic rings. The average Bonchev–Trinajstić information content (AvgIpc) is 3.24. The molecule has 1 fully saturated rings. The Morgan fingerprint density at radius 2 is 1.91 bits per heavy atom. The molecule has 0 bridgehead atoms. The lowest BCUT2D eigenvalue weighted by atomic mass is 9.90. The molecule has 3 nitrogen and oxygen atoms in total. The number of carbonyl (C=O) groups is 1. The summed E-state index contributed by atoms with van der Waals surface area (Å²) in [6, 6.07) is 18.2. The van der Waals surface area contributed by atoms with Crippen molar-refractivity contribution < 1.29 is 9.53 Å². The normalized spacial score (nSPS) is 15.5. The maximum absolute atomic E-state index is 12.7. The Morgan fingerprint density at radius 1 is 1.13 bits per heavy atom. The number of methoxy groups -OCH3 is 1. The van der Waals surface area contributed by atoms with Gasteiger partial charge in [0.1, 0.15) is 5.75 Å². The number of hydrogen-bond donors (Lipinski definition) is 1. The molecule has 0 saturated heterocycles. The Morgan fingerprint density at radius 3 is 2.61 bits per heavy atom. The molecule has 1 N–H and O–H groups in total. The maximum Gasteiger partial charge on any atom is 0.179 e. The number of fused-ring (bicyclic) bond motifs is 1. The molecule has 3 heteroatoms. The molecule has 0 radical (unpaired) electrons. The third kappa shape index (κ3) is 2.52. The van der Waals surface area contributed by atoms with Gasteiger partial charge in [-0.05, 0) is 36.6 Å². The Bertz CT molecular complexity index is 860. The Labute approximate surface area is 135 Å². The van der Waals surface area contributed by atoms with E-state index in [0.717, 1.165) is 29.5 Å². The lowest BCUT2D eigenvalue weighted by molar-refractivity contribution is 0.0966. The Kier molecular flexibility index (Phi) is 3.22. The molecule has 1 aromatic heterocycles. The van der Waals surface area contributed by atoms with Crippen LogP contribution in [0.4, 0.5) is 0 Å². The molecule has 116 valence electrons. The van der Waals surface area contributed by atoms with Gasteiger partial charge in [0.05, 0.1) is 12.8 Å². The van der Waals surface area contributed by atoms with Crippen LogP contribution in [0.1, 0.15) is 35.3 Å². The molecule has 0 spiro atoms. The van der Waals surface area contributed by atoms with Gasteiger partial charge in [-0.1, -0.05) is 30.3 Å². The highest BCUT2D eigenvalue weighted by molar-refractivity contribution is 6.00. The van der Waals surface area contributed by atoms with E-state index < -0.39 is 0 Å². The van der Waals surface area contributed by atoms with Crippen molar-refractivity contribution in [1.29, 1.82) is 0 Å². The van der Waals surface area contributed by atoms with Gasteiger partial charge in [-0.25, -0.2) is 0 Å². The van der Waals surface area contributed by atoms with E-state index in [4.69, 9.17) is 4.74 Å². The van der Waals surface area contributed by atoms with E-state index in [-0.39, 0.29) is 11.2 Å². The number of benzene rings is 2. The first-order chi connectivity index (χ1) is 11.2. The fourth-order valence-corrected chi connectivity index (χ4v) is 3.30. The monoisotopic (exact) mass is 305 g/mol. The van der Waals surface area contributed by atoms with Crippen LogP contribution in [0.15, 0.2) is 54.6 Å². The zero-order chi connectivity index (χ0) is 15.9. The van der Waals surface area contributed by atoms with Crippen LogP contribution in [0.25, 0.3) is 10.9 Å². The smallest absolute Gasteiger partial charge is 0.179 e. The molecular formula is C20H19NO2. The van der Waals surface area contributed by atoms with Crippen LogP contribution in [-0.4, -0.2) is 17.9 Å². The zero-order valence-electron chi connectivity index (χ0n) is 13.1. The van der Waals surface area contributed by atoms with Gasteiger partial charge < -0.3 is 9.72 Å². The summed E-state index contributed by atoms with van der Waals surface area (Å²) in [7, 11) is 1.65. The largest absolute Gasteiger partial charge is 0.497 e. The first-order valence-electron chi connectivity index (χ1n) is 7.96. The van der Waals surface area contributed by atoms with E-state index in [2.05, 4.69) is 29.2 Å². The van der Waals surface area contributed by atoms with Crippen LogP contribution >= 0.6 is 0 Å². The predicted molar refractivity (Wildman–Crippen MR) is 91.2 cm³/mol. The van der Waals surface area contributed by atoms with Crippen molar-refractivity contribution in [3.05, 3.63) is 65.9 Å². The Hall–Kier alpha value is -2.55. The summed E-state index contributed by atoms with van der Waals surface area (Å²) in [6.07, 6.45) is 2.76. The summed E-state index contributed by atoms with van der Waals surface area (Å²) < 4.78 is 5.24. The van der Waals surface area contributed by atoms with Gasteiger partial charge in [-0.2, -0.15) is 0 Å². The number of ether oxygens (including phenoxy) is 1. The molecule has 1 heterocycles. The van der Waals surface area contributed by atoms with Crippen molar-refractivity contribution in [2.45, 2.75) is 24.7 Å². The highest BCUT2D eigenvalue weighted by Gasteiger charge is 2.45. The van der Waals surface area contributed by atoms with Gasteiger partial charge in [0.15, 0.2) is 5.78 Å². The van der Waals surface area contributed by atoms with Gasteiger partial charge in [0.25, 0.3) is 0 Å². The highest BCUT2D eigenvalue weighted by atomic mass is 16.5. The fourth-order valence-electron chi connectivity index (χ4n) is 3.30. The minimum Gasteiger partial charge on any atom is -0.497 e. The average molecular weight is 305 g/mol. The van der Waals surface area contributed by atoms with Crippen LogP contribution in [0.3, 0.4) is 0 Å².